The number of aromatic amines is 1. The number of aromatic nitrogens is 2. The Bertz CT molecular complexity index is 731. The summed E-state index contributed by atoms with van der Waals surface area (Å²) in [6.45, 7) is 4.86. The predicted octanol–water partition coefficient (Wildman–Crippen LogP) is 1.51. The number of likely N-dealkylation sites (N-methyl/N-ethyl adjacent to an activating group) is 1. The Morgan fingerprint density at radius 1 is 1.48 bits per heavy atom. The fourth-order valence-corrected chi connectivity index (χ4v) is 3.21. The molecule has 1 unspecified atom stereocenters. The van der Waals surface area contributed by atoms with Crippen molar-refractivity contribution in [1.29, 1.82) is 0 Å². The number of carboxylic acid groups (broad SMARTS) is 1. The second kappa shape index (κ2) is 5.37. The van der Waals surface area contributed by atoms with Crippen molar-refractivity contribution in [1.82, 2.24) is 14.5 Å². The molecule has 1 aromatic heterocycles. The lowest BCUT2D eigenvalue weighted by molar-refractivity contribution is 0.0697. The van der Waals surface area contributed by atoms with Gasteiger partial charge in [-0.3, -0.25) is 9.47 Å². The molecule has 0 radical (unpaired) electrons. The van der Waals surface area contributed by atoms with Gasteiger partial charge in [0.05, 0.1) is 16.6 Å². The SMILES string of the molecule is CCN1CCCC1Cn1c(=O)[nH]c2cc(C(=O)O)ccc21. The zero-order chi connectivity index (χ0) is 15.0. The topological polar surface area (TPSA) is 78.3 Å². The Labute approximate surface area is 122 Å². The first-order valence-electron chi connectivity index (χ1n) is 7.30. The van der Waals surface area contributed by atoms with Crippen molar-refractivity contribution in [3.05, 3.63) is 34.2 Å². The number of H-pyrrole nitrogens is 1. The van der Waals surface area contributed by atoms with E-state index in [1.165, 1.54) is 12.5 Å². The maximum atomic E-state index is 12.1. The van der Waals surface area contributed by atoms with Gasteiger partial charge < -0.3 is 10.1 Å². The van der Waals surface area contributed by atoms with Crippen LogP contribution in [0.1, 0.15) is 30.1 Å². The maximum absolute atomic E-state index is 12.1. The number of hydrogen-bond acceptors (Lipinski definition) is 3. The van der Waals surface area contributed by atoms with Gasteiger partial charge in [-0.05, 0) is 44.1 Å². The first kappa shape index (κ1) is 13.9. The molecule has 1 atom stereocenters. The Balaban J connectivity index is 1.97. The van der Waals surface area contributed by atoms with E-state index in [0.717, 1.165) is 25.0 Å². The van der Waals surface area contributed by atoms with Gasteiger partial charge in [-0.25, -0.2) is 9.59 Å². The van der Waals surface area contributed by atoms with Crippen molar-refractivity contribution >= 4 is 17.0 Å². The van der Waals surface area contributed by atoms with E-state index in [2.05, 4.69) is 16.8 Å². The maximum Gasteiger partial charge on any atom is 0.335 e. The molecule has 6 nitrogen and oxygen atoms in total. The third-order valence-corrected chi connectivity index (χ3v) is 4.32. The highest BCUT2D eigenvalue weighted by molar-refractivity contribution is 5.92. The van der Waals surface area contributed by atoms with Crippen molar-refractivity contribution < 1.29 is 9.90 Å². The quantitative estimate of drug-likeness (QED) is 0.894. The molecule has 6 heteroatoms. The number of rotatable bonds is 4. The van der Waals surface area contributed by atoms with Gasteiger partial charge in [-0.15, -0.1) is 0 Å². The van der Waals surface area contributed by atoms with Gasteiger partial charge >= 0.3 is 11.7 Å². The number of carbonyl (C=O) groups is 1. The first-order valence-corrected chi connectivity index (χ1v) is 7.30. The fourth-order valence-electron chi connectivity index (χ4n) is 3.21. The summed E-state index contributed by atoms with van der Waals surface area (Å²) in [5.74, 6) is -0.988. The minimum atomic E-state index is -0.988. The largest absolute Gasteiger partial charge is 0.478 e. The summed E-state index contributed by atoms with van der Waals surface area (Å²) in [4.78, 5) is 28.3. The molecule has 21 heavy (non-hydrogen) atoms. The Kier molecular flexibility index (Phi) is 3.55. The number of imidazole rings is 1. The van der Waals surface area contributed by atoms with E-state index in [4.69, 9.17) is 5.11 Å². The molecular weight excluding hydrogens is 270 g/mol. The van der Waals surface area contributed by atoms with Crippen LogP contribution < -0.4 is 5.69 Å². The summed E-state index contributed by atoms with van der Waals surface area (Å²) in [6.07, 6.45) is 2.26. The van der Waals surface area contributed by atoms with E-state index in [9.17, 15) is 9.59 Å². The molecule has 1 aliphatic rings. The number of fused-ring (bicyclic) bond motifs is 1. The lowest BCUT2D eigenvalue weighted by Crippen LogP contribution is -2.35. The Hall–Kier alpha value is -2.08. The number of nitrogens with zero attached hydrogens (tertiary/aromatic N) is 2. The molecule has 1 aliphatic heterocycles. The zero-order valence-corrected chi connectivity index (χ0v) is 12.0. The third kappa shape index (κ3) is 2.47. The van der Waals surface area contributed by atoms with Crippen LogP contribution in [0.4, 0.5) is 0 Å². The molecule has 1 aromatic carbocycles. The molecule has 3 rings (SSSR count). The highest BCUT2D eigenvalue weighted by atomic mass is 16.4. The number of carboxylic acids is 1. The second-order valence-electron chi connectivity index (χ2n) is 5.50. The van der Waals surface area contributed by atoms with Crippen LogP contribution in [0.3, 0.4) is 0 Å². The summed E-state index contributed by atoms with van der Waals surface area (Å²) in [6, 6.07) is 5.15. The second-order valence-corrected chi connectivity index (χ2v) is 5.50. The summed E-state index contributed by atoms with van der Waals surface area (Å²) in [5, 5.41) is 9.01. The molecule has 2 aromatic rings. The smallest absolute Gasteiger partial charge is 0.335 e. The van der Waals surface area contributed by atoms with Gasteiger partial charge in [-0.1, -0.05) is 6.92 Å². The van der Waals surface area contributed by atoms with Gasteiger partial charge in [0.2, 0.25) is 0 Å². The zero-order valence-electron chi connectivity index (χ0n) is 12.0. The van der Waals surface area contributed by atoms with Gasteiger partial charge in [0.15, 0.2) is 0 Å². The van der Waals surface area contributed by atoms with Crippen LogP contribution >= 0.6 is 0 Å². The average Bonchev–Trinajstić information content (AvgIpc) is 3.03. The molecule has 1 saturated heterocycles. The molecule has 1 fully saturated rings. The van der Waals surface area contributed by atoms with Crippen LogP contribution in [-0.2, 0) is 6.54 Å². The van der Waals surface area contributed by atoms with Crippen molar-refractivity contribution in [2.24, 2.45) is 0 Å². The highest BCUT2D eigenvalue weighted by Crippen LogP contribution is 2.20. The van der Waals surface area contributed by atoms with E-state index in [-0.39, 0.29) is 11.3 Å². The molecule has 0 amide bonds. The Morgan fingerprint density at radius 2 is 2.29 bits per heavy atom. The number of hydrogen-bond donors (Lipinski definition) is 2. The molecule has 2 N–H and O–H groups in total. The molecule has 0 saturated carbocycles. The van der Waals surface area contributed by atoms with Gasteiger partial charge in [0.1, 0.15) is 0 Å². The normalized spacial score (nSPS) is 19.4. The molecule has 0 bridgehead atoms. The molecule has 112 valence electrons. The van der Waals surface area contributed by atoms with Crippen molar-refractivity contribution in [3.8, 4) is 0 Å². The van der Waals surface area contributed by atoms with Crippen LogP contribution in [0.2, 0.25) is 0 Å². The fraction of sp³-hybridized carbons (Fsp3) is 0.467. The summed E-state index contributed by atoms with van der Waals surface area (Å²) in [7, 11) is 0. The number of benzene rings is 1. The predicted molar refractivity (Wildman–Crippen MR) is 79.8 cm³/mol. The minimum absolute atomic E-state index is 0.171. The molecule has 0 aliphatic carbocycles. The van der Waals surface area contributed by atoms with E-state index in [1.807, 2.05) is 0 Å². The molecule has 2 heterocycles. The van der Waals surface area contributed by atoms with E-state index < -0.39 is 5.97 Å². The van der Waals surface area contributed by atoms with Crippen LogP contribution in [0.25, 0.3) is 11.0 Å². The number of likely N-dealkylation sites (tertiary alicyclic amines) is 1. The Morgan fingerprint density at radius 3 is 3.00 bits per heavy atom. The standard InChI is InChI=1S/C15H19N3O3/c1-2-17-7-3-4-11(17)9-18-13-6-5-10(14(19)20)8-12(13)16-15(18)21/h5-6,8,11H,2-4,7,9H2,1H3,(H,16,21)(H,19,20). The molecule has 0 spiro atoms. The average molecular weight is 289 g/mol. The molecular formula is C15H19N3O3. The number of aromatic carboxylic acids is 1. The highest BCUT2D eigenvalue weighted by Gasteiger charge is 2.24. The van der Waals surface area contributed by atoms with Crippen molar-refractivity contribution in [2.75, 3.05) is 13.1 Å². The van der Waals surface area contributed by atoms with E-state index >= 15 is 0 Å². The monoisotopic (exact) mass is 289 g/mol. The van der Waals surface area contributed by atoms with Crippen molar-refractivity contribution in [3.63, 3.8) is 0 Å². The first-order chi connectivity index (χ1) is 10.1. The lowest BCUT2D eigenvalue weighted by Gasteiger charge is -2.22. The van der Waals surface area contributed by atoms with E-state index in [0.29, 0.717) is 18.1 Å². The summed E-state index contributed by atoms with van der Waals surface area (Å²) in [5.41, 5.74) is 1.37. The van der Waals surface area contributed by atoms with Gasteiger partial charge in [0.25, 0.3) is 0 Å². The van der Waals surface area contributed by atoms with Gasteiger partial charge in [-0.2, -0.15) is 0 Å². The number of nitrogens with one attached hydrogen (secondary N) is 1. The van der Waals surface area contributed by atoms with Crippen molar-refractivity contribution in [2.45, 2.75) is 32.4 Å². The van der Waals surface area contributed by atoms with Crippen LogP contribution in [0.5, 0.6) is 0 Å². The van der Waals surface area contributed by atoms with Crippen LogP contribution in [0.15, 0.2) is 23.0 Å². The summed E-state index contributed by atoms with van der Waals surface area (Å²) >= 11 is 0. The third-order valence-electron chi connectivity index (χ3n) is 4.32. The minimum Gasteiger partial charge on any atom is -0.478 e. The van der Waals surface area contributed by atoms with Crippen LogP contribution in [0, 0.1) is 0 Å². The lowest BCUT2D eigenvalue weighted by atomic mass is 10.2. The van der Waals surface area contributed by atoms with Gasteiger partial charge in [0, 0.05) is 12.6 Å². The summed E-state index contributed by atoms with van der Waals surface area (Å²) < 4.78 is 1.72. The van der Waals surface area contributed by atoms with E-state index in [1.54, 1.807) is 16.7 Å². The van der Waals surface area contributed by atoms with Crippen LogP contribution in [-0.4, -0.2) is 44.7 Å².